The van der Waals surface area contributed by atoms with Crippen LogP contribution in [0, 0.1) is 0 Å². The first-order valence-corrected chi connectivity index (χ1v) is 12.2. The van der Waals surface area contributed by atoms with Crippen LogP contribution in [0.2, 0.25) is 25.7 Å². The molecule has 4 heteroatoms. The van der Waals surface area contributed by atoms with E-state index in [-0.39, 0.29) is 0 Å². The average Bonchev–Trinajstić information content (AvgIpc) is 2.77. The third-order valence-electron chi connectivity index (χ3n) is 7.14. The molecular formula is C18H37BN2Si. The van der Waals surface area contributed by atoms with E-state index in [0.29, 0.717) is 0 Å². The summed E-state index contributed by atoms with van der Waals surface area (Å²) in [7, 11) is 8.01. The number of rotatable bonds is 5. The van der Waals surface area contributed by atoms with E-state index in [0.717, 1.165) is 0 Å². The minimum atomic E-state index is -1.44. The van der Waals surface area contributed by atoms with Gasteiger partial charge in [-0.05, 0) is 20.5 Å². The lowest BCUT2D eigenvalue weighted by Gasteiger charge is -2.53. The fourth-order valence-corrected chi connectivity index (χ4v) is 9.84. The second kappa shape index (κ2) is 5.64. The molecule has 0 aromatic carbocycles. The van der Waals surface area contributed by atoms with Crippen molar-refractivity contribution in [1.29, 1.82) is 0 Å². The largest absolute Gasteiger partial charge is 0.513 e. The van der Waals surface area contributed by atoms with Gasteiger partial charge in [-0.2, -0.15) is 0 Å². The number of nitrogens with zero attached hydrogens (tertiary/aromatic N) is 2. The lowest BCUT2D eigenvalue weighted by atomic mass is 9.25. The van der Waals surface area contributed by atoms with Crippen LogP contribution in [-0.4, -0.2) is 64.9 Å². The normalized spacial score (nSPS) is 25.4. The predicted octanol–water partition coefficient (Wildman–Crippen LogP) is 3.97. The zero-order valence-corrected chi connectivity index (χ0v) is 17.5. The van der Waals surface area contributed by atoms with Crippen LogP contribution >= 0.6 is 0 Å². The van der Waals surface area contributed by atoms with Crippen LogP contribution in [0.3, 0.4) is 0 Å². The molecule has 2 rings (SSSR count). The zero-order valence-electron chi connectivity index (χ0n) is 16.5. The van der Waals surface area contributed by atoms with Gasteiger partial charge in [-0.3, -0.25) is 0 Å². The highest BCUT2D eigenvalue weighted by Gasteiger charge is 2.56. The van der Waals surface area contributed by atoms with Crippen LogP contribution in [-0.2, 0) is 0 Å². The van der Waals surface area contributed by atoms with Crippen LogP contribution in [0.4, 0.5) is 0 Å². The van der Waals surface area contributed by atoms with Crippen molar-refractivity contribution in [2.75, 3.05) is 41.3 Å². The first kappa shape index (κ1) is 18.0. The Labute approximate surface area is 139 Å². The number of allylic oxidation sites excluding steroid dienone is 2. The average molecular weight is 320 g/mol. The summed E-state index contributed by atoms with van der Waals surface area (Å²) in [6, 6.07) is 0. The smallest absolute Gasteiger partial charge is 0.236 e. The Morgan fingerprint density at radius 1 is 1.09 bits per heavy atom. The van der Waals surface area contributed by atoms with Gasteiger partial charge < -0.3 is 9.29 Å². The standard InChI is InChI=1S/C18H37BN2Si/c1-10-15-16(13-20(4)5)22(8,9)17-14-21(6,7)19(11-2,12-3)18(15)17/h10-14H2,1-9H3. The van der Waals surface area contributed by atoms with Crippen LogP contribution in [0.1, 0.15) is 27.2 Å². The lowest BCUT2D eigenvalue weighted by Crippen LogP contribution is -2.62. The molecule has 0 aliphatic carbocycles. The first-order valence-electron chi connectivity index (χ1n) is 9.22. The van der Waals surface area contributed by atoms with Crippen LogP contribution in [0.5, 0.6) is 0 Å². The van der Waals surface area contributed by atoms with E-state index in [1.54, 1.807) is 5.57 Å². The molecule has 0 bridgehead atoms. The molecule has 0 saturated heterocycles. The molecule has 22 heavy (non-hydrogen) atoms. The molecule has 0 unspecified atom stereocenters. The molecule has 0 spiro atoms. The van der Waals surface area contributed by atoms with E-state index in [4.69, 9.17) is 0 Å². The maximum absolute atomic E-state index is 2.61. The molecular weight excluding hydrogens is 283 g/mol. The van der Waals surface area contributed by atoms with Crippen molar-refractivity contribution in [3.8, 4) is 0 Å². The summed E-state index contributed by atoms with van der Waals surface area (Å²) in [5.74, 6) is 0. The molecule has 2 aliphatic rings. The van der Waals surface area contributed by atoms with Gasteiger partial charge in [0.2, 0.25) is 6.28 Å². The van der Waals surface area contributed by atoms with E-state index in [2.05, 4.69) is 67.0 Å². The van der Waals surface area contributed by atoms with Crippen LogP contribution in [0.15, 0.2) is 21.4 Å². The maximum Gasteiger partial charge on any atom is 0.236 e. The molecule has 0 radical (unpaired) electrons. The van der Waals surface area contributed by atoms with Crippen molar-refractivity contribution in [2.24, 2.45) is 0 Å². The Hall–Kier alpha value is -0.318. The Balaban J connectivity index is 2.68. The first-order chi connectivity index (χ1) is 10.1. The molecule has 2 nitrogen and oxygen atoms in total. The molecule has 2 aliphatic heterocycles. The van der Waals surface area contributed by atoms with Crippen molar-refractivity contribution >= 4 is 14.4 Å². The van der Waals surface area contributed by atoms with E-state index < -0.39 is 14.4 Å². The van der Waals surface area contributed by atoms with Crippen molar-refractivity contribution in [2.45, 2.75) is 52.9 Å². The zero-order chi connectivity index (χ0) is 16.9. The fraction of sp³-hybridized carbons (Fsp3) is 0.778. The van der Waals surface area contributed by atoms with Crippen LogP contribution < -0.4 is 0 Å². The van der Waals surface area contributed by atoms with Gasteiger partial charge in [0.25, 0.3) is 0 Å². The number of likely N-dealkylation sites (N-methyl/N-ethyl adjacent to an activating group) is 2. The van der Waals surface area contributed by atoms with Gasteiger partial charge in [0.1, 0.15) is 8.07 Å². The minimum Gasteiger partial charge on any atom is -0.513 e. The molecule has 0 saturated carbocycles. The monoisotopic (exact) mass is 320 g/mol. The quantitative estimate of drug-likeness (QED) is 0.693. The van der Waals surface area contributed by atoms with E-state index >= 15 is 0 Å². The second-order valence-corrected chi connectivity index (χ2v) is 13.5. The number of quaternary nitrogens is 1. The molecule has 0 atom stereocenters. The highest BCUT2D eigenvalue weighted by Crippen LogP contribution is 2.53. The highest BCUT2D eigenvalue weighted by molar-refractivity contribution is 6.96. The summed E-state index contributed by atoms with van der Waals surface area (Å²) in [4.78, 5) is 2.38. The van der Waals surface area contributed by atoms with Gasteiger partial charge in [0.15, 0.2) is 0 Å². The van der Waals surface area contributed by atoms with Crippen LogP contribution in [0.25, 0.3) is 0 Å². The molecule has 2 heterocycles. The van der Waals surface area contributed by atoms with Crippen molar-refractivity contribution in [3.05, 3.63) is 21.4 Å². The van der Waals surface area contributed by atoms with Gasteiger partial charge >= 0.3 is 0 Å². The topological polar surface area (TPSA) is 3.24 Å². The summed E-state index contributed by atoms with van der Waals surface area (Å²) in [5.41, 5.74) is 3.64. The molecule has 0 aromatic heterocycles. The summed E-state index contributed by atoms with van der Waals surface area (Å²) >= 11 is 0. The van der Waals surface area contributed by atoms with Crippen molar-refractivity contribution in [1.82, 2.24) is 4.90 Å². The summed E-state index contributed by atoms with van der Waals surface area (Å²) in [6.45, 7) is 15.0. The highest BCUT2D eigenvalue weighted by atomic mass is 28.3. The van der Waals surface area contributed by atoms with Crippen molar-refractivity contribution in [3.63, 3.8) is 0 Å². The molecule has 0 amide bonds. The number of hydrogen-bond acceptors (Lipinski definition) is 1. The maximum atomic E-state index is 2.61. The Bertz CT molecular complexity index is 525. The predicted molar refractivity (Wildman–Crippen MR) is 104 cm³/mol. The van der Waals surface area contributed by atoms with E-state index in [1.807, 2.05) is 15.9 Å². The number of hydrogen-bond donors (Lipinski definition) is 0. The third kappa shape index (κ3) is 2.22. The van der Waals surface area contributed by atoms with Gasteiger partial charge in [-0.25, -0.2) is 0 Å². The van der Waals surface area contributed by atoms with Gasteiger partial charge in [0, 0.05) is 20.6 Å². The summed E-state index contributed by atoms with van der Waals surface area (Å²) < 4.78 is 1.23. The third-order valence-corrected chi connectivity index (χ3v) is 11.0. The van der Waals surface area contributed by atoms with Crippen molar-refractivity contribution < 1.29 is 4.39 Å². The van der Waals surface area contributed by atoms with E-state index in [9.17, 15) is 0 Å². The fourth-order valence-electron chi connectivity index (χ4n) is 5.80. The summed E-state index contributed by atoms with van der Waals surface area (Å²) in [6.07, 6.45) is 3.42. The minimum absolute atomic E-state index is 0.452. The molecule has 0 N–H and O–H groups in total. The second-order valence-electron chi connectivity index (χ2n) is 9.01. The Kier molecular flexibility index (Phi) is 4.62. The van der Waals surface area contributed by atoms with Gasteiger partial charge in [-0.1, -0.05) is 49.8 Å². The van der Waals surface area contributed by atoms with Gasteiger partial charge in [-0.15, -0.1) is 18.1 Å². The Morgan fingerprint density at radius 3 is 2.05 bits per heavy atom. The SMILES string of the molecule is CCC1=C(CN(C)C)[Si](C)(C)C2=C1[B-](CC)(CC)[N+](C)(C)C2. The lowest BCUT2D eigenvalue weighted by molar-refractivity contribution is -0.781. The summed E-state index contributed by atoms with van der Waals surface area (Å²) in [5, 5.41) is 3.73. The van der Waals surface area contributed by atoms with Gasteiger partial charge in [0.05, 0.1) is 6.54 Å². The molecule has 0 fully saturated rings. The molecule has 126 valence electrons. The molecule has 0 aromatic rings. The van der Waals surface area contributed by atoms with E-state index in [1.165, 1.54) is 36.5 Å². The Morgan fingerprint density at radius 2 is 1.64 bits per heavy atom.